The van der Waals surface area contributed by atoms with E-state index < -0.39 is 0 Å². The van der Waals surface area contributed by atoms with E-state index in [4.69, 9.17) is 9.47 Å². The van der Waals surface area contributed by atoms with Crippen molar-refractivity contribution in [3.8, 4) is 11.4 Å². The van der Waals surface area contributed by atoms with Crippen LogP contribution in [0.25, 0.3) is 11.4 Å². The Morgan fingerprint density at radius 3 is 1.82 bits per heavy atom. The van der Waals surface area contributed by atoms with Crippen LogP contribution in [0.5, 0.6) is 0 Å². The van der Waals surface area contributed by atoms with Crippen molar-refractivity contribution in [2.24, 2.45) is 0 Å². The van der Waals surface area contributed by atoms with Gasteiger partial charge in [-0.1, -0.05) is 82.6 Å². The van der Waals surface area contributed by atoms with Crippen LogP contribution in [0.15, 0.2) is 36.7 Å². The van der Waals surface area contributed by atoms with Crippen molar-refractivity contribution in [1.82, 2.24) is 9.97 Å². The van der Waals surface area contributed by atoms with E-state index in [9.17, 15) is 0 Å². The maximum absolute atomic E-state index is 5.56. The molecule has 4 nitrogen and oxygen atoms in total. The van der Waals surface area contributed by atoms with Crippen molar-refractivity contribution < 1.29 is 9.47 Å². The highest BCUT2D eigenvalue weighted by Gasteiger charge is 2.03. The Hall–Kier alpha value is -1.78. The summed E-state index contributed by atoms with van der Waals surface area (Å²) in [7, 11) is 0. The smallest absolute Gasteiger partial charge is 0.159 e. The van der Waals surface area contributed by atoms with Crippen LogP contribution in [-0.4, -0.2) is 36.4 Å². The Morgan fingerprint density at radius 1 is 0.576 bits per heavy atom. The Balaban J connectivity index is 1.59. The molecule has 33 heavy (non-hydrogen) atoms. The first-order valence-corrected chi connectivity index (χ1v) is 13.4. The molecule has 0 amide bonds. The lowest BCUT2D eigenvalue weighted by Gasteiger charge is -2.06. The van der Waals surface area contributed by atoms with Crippen LogP contribution < -0.4 is 0 Å². The highest BCUT2D eigenvalue weighted by atomic mass is 16.5. The lowest BCUT2D eigenvalue weighted by atomic mass is 10.0. The number of benzene rings is 1. The lowest BCUT2D eigenvalue weighted by Crippen LogP contribution is -2.04. The third-order valence-corrected chi connectivity index (χ3v) is 6.07. The second-order valence-electron chi connectivity index (χ2n) is 8.96. The molecule has 2 rings (SSSR count). The van der Waals surface area contributed by atoms with Crippen molar-refractivity contribution in [2.75, 3.05) is 26.4 Å². The fourth-order valence-electron chi connectivity index (χ4n) is 3.99. The molecule has 0 saturated heterocycles. The quantitative estimate of drug-likeness (QED) is 0.193. The molecule has 0 aliphatic heterocycles. The summed E-state index contributed by atoms with van der Waals surface area (Å²) in [6.07, 6.45) is 20.5. The molecular weight excluding hydrogens is 408 g/mol. The number of aryl methyl sites for hydroxylation is 2. The minimum Gasteiger partial charge on any atom is -0.379 e. The van der Waals surface area contributed by atoms with Gasteiger partial charge in [-0.05, 0) is 50.2 Å². The summed E-state index contributed by atoms with van der Waals surface area (Å²) in [5.41, 5.74) is 3.73. The van der Waals surface area contributed by atoms with Crippen molar-refractivity contribution in [2.45, 2.75) is 97.3 Å². The highest BCUT2D eigenvalue weighted by Crippen LogP contribution is 2.18. The van der Waals surface area contributed by atoms with Gasteiger partial charge in [0.2, 0.25) is 0 Å². The van der Waals surface area contributed by atoms with Crippen molar-refractivity contribution in [3.63, 3.8) is 0 Å². The van der Waals surface area contributed by atoms with Gasteiger partial charge < -0.3 is 9.47 Å². The van der Waals surface area contributed by atoms with Crippen LogP contribution in [0.1, 0.15) is 95.6 Å². The van der Waals surface area contributed by atoms with E-state index in [1.54, 1.807) is 0 Å². The molecule has 1 aromatic carbocycles. The largest absolute Gasteiger partial charge is 0.379 e. The number of unbranched alkanes of at least 4 members (excludes halogenated alkanes) is 9. The van der Waals surface area contributed by atoms with Gasteiger partial charge in [0.1, 0.15) is 0 Å². The normalized spacial score (nSPS) is 11.2. The molecule has 0 aliphatic rings. The number of nitrogens with zero attached hydrogens (tertiary/aromatic N) is 2. The van der Waals surface area contributed by atoms with E-state index in [0.29, 0.717) is 13.2 Å². The molecule has 0 spiro atoms. The van der Waals surface area contributed by atoms with E-state index in [2.05, 4.69) is 41.2 Å². The Kier molecular flexibility index (Phi) is 15.5. The zero-order valence-corrected chi connectivity index (χ0v) is 21.2. The van der Waals surface area contributed by atoms with Gasteiger partial charge in [-0.15, -0.1) is 0 Å². The van der Waals surface area contributed by atoms with Crippen LogP contribution in [0, 0.1) is 0 Å². The summed E-state index contributed by atoms with van der Waals surface area (Å²) < 4.78 is 10.8. The first-order chi connectivity index (χ1) is 16.3. The zero-order chi connectivity index (χ0) is 23.4. The Labute approximate surface area is 202 Å². The number of aromatic nitrogens is 2. The van der Waals surface area contributed by atoms with Gasteiger partial charge in [0.25, 0.3) is 0 Å². The standard InChI is InChI=1S/C29H46N2O2/c1-3-5-6-7-8-9-10-12-15-26-17-19-28(20-18-26)29-30-24-27(25-31-29)16-13-11-14-21-33-23-22-32-4-2/h17-20,24-25H,3-16,21-23H2,1-2H3. The van der Waals surface area contributed by atoms with E-state index in [-0.39, 0.29) is 0 Å². The van der Waals surface area contributed by atoms with Crippen LogP contribution in [0.3, 0.4) is 0 Å². The summed E-state index contributed by atoms with van der Waals surface area (Å²) in [5, 5.41) is 0. The van der Waals surface area contributed by atoms with E-state index in [1.807, 2.05) is 19.3 Å². The predicted octanol–water partition coefficient (Wildman–Crippen LogP) is 7.59. The molecule has 0 N–H and O–H groups in total. The summed E-state index contributed by atoms with van der Waals surface area (Å²) in [4.78, 5) is 9.21. The summed E-state index contributed by atoms with van der Waals surface area (Å²) >= 11 is 0. The Bertz CT molecular complexity index is 701. The molecule has 0 unspecified atom stereocenters. The maximum atomic E-state index is 5.56. The van der Waals surface area contributed by atoms with Gasteiger partial charge >= 0.3 is 0 Å². The van der Waals surface area contributed by atoms with E-state index >= 15 is 0 Å². The molecule has 2 aromatic rings. The third-order valence-electron chi connectivity index (χ3n) is 6.07. The van der Waals surface area contributed by atoms with Gasteiger partial charge in [0.15, 0.2) is 5.82 Å². The molecule has 0 saturated carbocycles. The second-order valence-corrected chi connectivity index (χ2v) is 8.96. The van der Waals surface area contributed by atoms with Gasteiger partial charge in [-0.2, -0.15) is 0 Å². The van der Waals surface area contributed by atoms with Crippen molar-refractivity contribution >= 4 is 0 Å². The van der Waals surface area contributed by atoms with Crippen molar-refractivity contribution in [3.05, 3.63) is 47.8 Å². The molecule has 1 heterocycles. The second kappa shape index (κ2) is 18.6. The van der Waals surface area contributed by atoms with Gasteiger partial charge in [-0.3, -0.25) is 0 Å². The topological polar surface area (TPSA) is 44.2 Å². The third kappa shape index (κ3) is 12.9. The predicted molar refractivity (Wildman–Crippen MR) is 139 cm³/mol. The Morgan fingerprint density at radius 2 is 1.15 bits per heavy atom. The zero-order valence-electron chi connectivity index (χ0n) is 21.2. The van der Waals surface area contributed by atoms with E-state index in [1.165, 1.54) is 68.9 Å². The van der Waals surface area contributed by atoms with Crippen LogP contribution in [-0.2, 0) is 22.3 Å². The van der Waals surface area contributed by atoms with Gasteiger partial charge in [-0.25, -0.2) is 9.97 Å². The highest BCUT2D eigenvalue weighted by molar-refractivity contribution is 5.55. The number of hydrogen-bond donors (Lipinski definition) is 0. The molecule has 0 atom stereocenters. The SMILES string of the molecule is CCCCCCCCCCc1ccc(-c2ncc(CCCCCOCCOCC)cn2)cc1. The molecular formula is C29H46N2O2. The molecule has 0 bridgehead atoms. The number of hydrogen-bond acceptors (Lipinski definition) is 4. The minimum absolute atomic E-state index is 0.697. The van der Waals surface area contributed by atoms with Crippen LogP contribution in [0.2, 0.25) is 0 Å². The summed E-state index contributed by atoms with van der Waals surface area (Å²) in [5.74, 6) is 0.820. The fourth-order valence-corrected chi connectivity index (χ4v) is 3.99. The molecule has 1 aromatic heterocycles. The van der Waals surface area contributed by atoms with E-state index in [0.717, 1.165) is 50.3 Å². The molecule has 0 aliphatic carbocycles. The number of rotatable bonds is 20. The molecule has 184 valence electrons. The van der Waals surface area contributed by atoms with Gasteiger partial charge in [0.05, 0.1) is 13.2 Å². The van der Waals surface area contributed by atoms with Gasteiger partial charge in [0, 0.05) is 31.2 Å². The fraction of sp³-hybridized carbons (Fsp3) is 0.655. The first kappa shape index (κ1) is 27.5. The summed E-state index contributed by atoms with van der Waals surface area (Å²) in [6.45, 7) is 7.25. The van der Waals surface area contributed by atoms with Crippen LogP contribution >= 0.6 is 0 Å². The number of ether oxygens (including phenoxy) is 2. The van der Waals surface area contributed by atoms with Crippen molar-refractivity contribution in [1.29, 1.82) is 0 Å². The summed E-state index contributed by atoms with van der Waals surface area (Å²) in [6, 6.07) is 8.82. The molecule has 0 fully saturated rings. The average molecular weight is 455 g/mol. The average Bonchev–Trinajstić information content (AvgIpc) is 2.85. The minimum atomic E-state index is 0.697. The maximum Gasteiger partial charge on any atom is 0.159 e. The van der Waals surface area contributed by atoms with Crippen LogP contribution in [0.4, 0.5) is 0 Å². The monoisotopic (exact) mass is 454 g/mol. The molecule has 4 heteroatoms. The first-order valence-electron chi connectivity index (χ1n) is 13.4. The lowest BCUT2D eigenvalue weighted by molar-refractivity contribution is 0.0513. The molecule has 0 radical (unpaired) electrons.